The van der Waals surface area contributed by atoms with Crippen LogP contribution in [0.2, 0.25) is 0 Å². The fourth-order valence-electron chi connectivity index (χ4n) is 2.12. The number of rotatable bonds is 4. The maximum Gasteiger partial charge on any atom is 0.319 e. The number of carbonyl (C=O) groups excluding carboxylic acids is 1. The van der Waals surface area contributed by atoms with Crippen LogP contribution in [0.3, 0.4) is 0 Å². The number of esters is 1. The van der Waals surface area contributed by atoms with Crippen LogP contribution >= 0.6 is 0 Å². The molecular weight excluding hydrogens is 178 g/mol. The van der Waals surface area contributed by atoms with Gasteiger partial charge in [0, 0.05) is 6.04 Å². The molecule has 0 saturated heterocycles. The van der Waals surface area contributed by atoms with Crippen LogP contribution in [0.25, 0.3) is 0 Å². The van der Waals surface area contributed by atoms with Gasteiger partial charge in [-0.15, -0.1) is 0 Å². The molecule has 0 aromatic rings. The zero-order valence-corrected chi connectivity index (χ0v) is 9.21. The van der Waals surface area contributed by atoms with Crippen molar-refractivity contribution in [1.82, 2.24) is 5.32 Å². The fourth-order valence-corrected chi connectivity index (χ4v) is 2.12. The minimum Gasteiger partial charge on any atom is -0.468 e. The van der Waals surface area contributed by atoms with E-state index in [0.29, 0.717) is 12.6 Å². The Labute approximate surface area is 86.2 Å². The zero-order chi connectivity index (χ0) is 10.4. The van der Waals surface area contributed by atoms with Gasteiger partial charge in [0.15, 0.2) is 0 Å². The Morgan fingerprint density at radius 2 is 2.07 bits per heavy atom. The molecular formula is C11H21NO2. The minimum atomic E-state index is -0.173. The average molecular weight is 199 g/mol. The van der Waals surface area contributed by atoms with Crippen LogP contribution in [-0.2, 0) is 9.53 Å². The molecule has 3 nitrogen and oxygen atoms in total. The van der Waals surface area contributed by atoms with Crippen LogP contribution in [-0.4, -0.2) is 25.7 Å². The summed E-state index contributed by atoms with van der Waals surface area (Å²) in [6.07, 6.45) is 6.66. The maximum atomic E-state index is 10.9. The second-order valence-electron chi connectivity index (χ2n) is 4.14. The molecule has 0 aromatic carbocycles. The van der Waals surface area contributed by atoms with Gasteiger partial charge in [-0.25, -0.2) is 0 Å². The van der Waals surface area contributed by atoms with Crippen molar-refractivity contribution < 1.29 is 9.53 Å². The standard InChI is InChI=1S/C11H21NO2/c1-9(12-8-11(13)14-2)10-6-4-3-5-7-10/h9-10,12H,3-8H2,1-2H3/t9-/m0/s1. The van der Waals surface area contributed by atoms with Crippen molar-refractivity contribution in [2.45, 2.75) is 45.1 Å². The summed E-state index contributed by atoms with van der Waals surface area (Å²) in [5, 5.41) is 3.23. The quantitative estimate of drug-likeness (QED) is 0.701. The van der Waals surface area contributed by atoms with E-state index in [1.165, 1.54) is 39.2 Å². The Bertz CT molecular complexity index is 176. The van der Waals surface area contributed by atoms with Gasteiger partial charge in [-0.05, 0) is 25.7 Å². The third-order valence-corrected chi connectivity index (χ3v) is 3.15. The van der Waals surface area contributed by atoms with E-state index in [1.54, 1.807) is 0 Å². The Morgan fingerprint density at radius 3 is 2.64 bits per heavy atom. The molecule has 3 heteroatoms. The highest BCUT2D eigenvalue weighted by Gasteiger charge is 2.19. The van der Waals surface area contributed by atoms with Gasteiger partial charge in [0.25, 0.3) is 0 Å². The number of carbonyl (C=O) groups is 1. The van der Waals surface area contributed by atoms with Crippen LogP contribution in [0.4, 0.5) is 0 Å². The van der Waals surface area contributed by atoms with Gasteiger partial charge in [-0.3, -0.25) is 4.79 Å². The van der Waals surface area contributed by atoms with Crippen molar-refractivity contribution in [2.75, 3.05) is 13.7 Å². The van der Waals surface area contributed by atoms with E-state index in [4.69, 9.17) is 0 Å². The van der Waals surface area contributed by atoms with E-state index in [0.717, 1.165) is 5.92 Å². The molecule has 82 valence electrons. The van der Waals surface area contributed by atoms with Crippen molar-refractivity contribution in [2.24, 2.45) is 5.92 Å². The summed E-state index contributed by atoms with van der Waals surface area (Å²) in [5.74, 6) is 0.570. The summed E-state index contributed by atoms with van der Waals surface area (Å²) in [7, 11) is 1.43. The van der Waals surface area contributed by atoms with Crippen molar-refractivity contribution in [1.29, 1.82) is 0 Å². The lowest BCUT2D eigenvalue weighted by Crippen LogP contribution is -2.38. The van der Waals surface area contributed by atoms with Crippen LogP contribution < -0.4 is 5.32 Å². The molecule has 0 bridgehead atoms. The molecule has 0 heterocycles. The average Bonchev–Trinajstić information content (AvgIpc) is 2.26. The van der Waals surface area contributed by atoms with Gasteiger partial charge in [-0.1, -0.05) is 19.3 Å². The number of ether oxygens (including phenoxy) is 1. The van der Waals surface area contributed by atoms with Gasteiger partial charge in [-0.2, -0.15) is 0 Å². The maximum absolute atomic E-state index is 10.9. The Morgan fingerprint density at radius 1 is 1.43 bits per heavy atom. The lowest BCUT2D eigenvalue weighted by atomic mass is 9.84. The summed E-state index contributed by atoms with van der Waals surface area (Å²) < 4.78 is 4.59. The third kappa shape index (κ3) is 3.66. The lowest BCUT2D eigenvalue weighted by Gasteiger charge is -2.28. The van der Waals surface area contributed by atoms with E-state index >= 15 is 0 Å². The molecule has 0 unspecified atom stereocenters. The molecule has 1 saturated carbocycles. The van der Waals surface area contributed by atoms with E-state index in [1.807, 2.05) is 0 Å². The van der Waals surface area contributed by atoms with Crippen molar-refractivity contribution in [3.05, 3.63) is 0 Å². The number of hydrogen-bond donors (Lipinski definition) is 1. The monoisotopic (exact) mass is 199 g/mol. The summed E-state index contributed by atoms with van der Waals surface area (Å²) in [6, 6.07) is 0.439. The Kier molecular flexibility index (Phi) is 4.94. The van der Waals surface area contributed by atoms with Gasteiger partial charge in [0.2, 0.25) is 0 Å². The largest absolute Gasteiger partial charge is 0.468 e. The lowest BCUT2D eigenvalue weighted by molar-refractivity contribution is -0.139. The predicted molar refractivity (Wildman–Crippen MR) is 56.1 cm³/mol. The zero-order valence-electron chi connectivity index (χ0n) is 9.21. The van der Waals surface area contributed by atoms with E-state index in [-0.39, 0.29) is 5.97 Å². The van der Waals surface area contributed by atoms with Gasteiger partial charge in [0.1, 0.15) is 0 Å². The van der Waals surface area contributed by atoms with Crippen LogP contribution in [0.1, 0.15) is 39.0 Å². The summed E-state index contributed by atoms with van der Waals surface area (Å²) >= 11 is 0. The van der Waals surface area contributed by atoms with Crippen molar-refractivity contribution in [3.8, 4) is 0 Å². The molecule has 1 N–H and O–H groups in total. The normalized spacial score (nSPS) is 20.4. The first-order valence-corrected chi connectivity index (χ1v) is 5.54. The van der Waals surface area contributed by atoms with E-state index < -0.39 is 0 Å². The van der Waals surface area contributed by atoms with E-state index in [9.17, 15) is 4.79 Å². The van der Waals surface area contributed by atoms with Gasteiger partial charge < -0.3 is 10.1 Å². The molecule has 0 aliphatic heterocycles. The summed E-state index contributed by atoms with van der Waals surface area (Å²) in [5.41, 5.74) is 0. The molecule has 0 amide bonds. The molecule has 0 radical (unpaired) electrons. The molecule has 1 rings (SSSR count). The molecule has 1 fully saturated rings. The molecule has 0 aromatic heterocycles. The number of nitrogens with one attached hydrogen (secondary N) is 1. The van der Waals surface area contributed by atoms with E-state index in [2.05, 4.69) is 17.0 Å². The first-order valence-electron chi connectivity index (χ1n) is 5.54. The fraction of sp³-hybridized carbons (Fsp3) is 0.909. The highest BCUT2D eigenvalue weighted by atomic mass is 16.5. The molecule has 1 aliphatic carbocycles. The molecule has 14 heavy (non-hydrogen) atoms. The predicted octanol–water partition coefficient (Wildman–Crippen LogP) is 1.72. The number of hydrogen-bond acceptors (Lipinski definition) is 3. The van der Waals surface area contributed by atoms with Crippen molar-refractivity contribution in [3.63, 3.8) is 0 Å². The van der Waals surface area contributed by atoms with Crippen LogP contribution in [0, 0.1) is 5.92 Å². The molecule has 0 spiro atoms. The molecule has 1 aliphatic rings. The second-order valence-corrected chi connectivity index (χ2v) is 4.14. The smallest absolute Gasteiger partial charge is 0.319 e. The summed E-state index contributed by atoms with van der Waals surface area (Å²) in [4.78, 5) is 10.9. The van der Waals surface area contributed by atoms with Gasteiger partial charge >= 0.3 is 5.97 Å². The topological polar surface area (TPSA) is 38.3 Å². The highest BCUT2D eigenvalue weighted by molar-refractivity contribution is 5.71. The SMILES string of the molecule is COC(=O)CN[C@@H](C)C1CCCCC1. The molecule has 1 atom stereocenters. The Balaban J connectivity index is 2.19. The highest BCUT2D eigenvalue weighted by Crippen LogP contribution is 2.26. The van der Waals surface area contributed by atoms with Gasteiger partial charge in [0.05, 0.1) is 13.7 Å². The first kappa shape index (κ1) is 11.5. The first-order chi connectivity index (χ1) is 6.74. The van der Waals surface area contributed by atoms with Crippen LogP contribution in [0.15, 0.2) is 0 Å². The third-order valence-electron chi connectivity index (χ3n) is 3.15. The van der Waals surface area contributed by atoms with Crippen molar-refractivity contribution >= 4 is 5.97 Å². The summed E-state index contributed by atoms with van der Waals surface area (Å²) in [6.45, 7) is 2.51. The Hall–Kier alpha value is -0.570. The number of methoxy groups -OCH3 is 1. The minimum absolute atomic E-state index is 0.173. The second kappa shape index (κ2) is 6.02. The van der Waals surface area contributed by atoms with Crippen LogP contribution in [0.5, 0.6) is 0 Å².